The molecule has 4 heteroatoms. The lowest BCUT2D eigenvalue weighted by Gasteiger charge is -2.11. The van der Waals surface area contributed by atoms with Gasteiger partial charge in [-0.2, -0.15) is 0 Å². The average molecular weight is 217 g/mol. The van der Waals surface area contributed by atoms with E-state index in [0.717, 1.165) is 19.6 Å². The van der Waals surface area contributed by atoms with Gasteiger partial charge in [-0.25, -0.2) is 0 Å². The fourth-order valence-corrected chi connectivity index (χ4v) is 1.12. The molecular formula is C11H23NO3. The molecule has 90 valence electrons. The van der Waals surface area contributed by atoms with E-state index in [1.807, 2.05) is 20.8 Å². The maximum absolute atomic E-state index is 11.0. The Labute approximate surface area is 92.3 Å². The first-order valence-electron chi connectivity index (χ1n) is 5.48. The zero-order chi connectivity index (χ0) is 11.7. The highest BCUT2D eigenvalue weighted by Crippen LogP contribution is 1.95. The van der Waals surface area contributed by atoms with Crippen LogP contribution in [0, 0.1) is 5.92 Å². The Kier molecular flexibility index (Phi) is 8.33. The zero-order valence-corrected chi connectivity index (χ0v) is 10.2. The summed E-state index contributed by atoms with van der Waals surface area (Å²) in [7, 11) is 1.41. The fraction of sp³-hybridized carbons (Fsp3) is 0.909. The van der Waals surface area contributed by atoms with Crippen LogP contribution < -0.4 is 5.32 Å². The Morgan fingerprint density at radius 2 is 2.00 bits per heavy atom. The number of ether oxygens (including phenoxy) is 2. The Morgan fingerprint density at radius 1 is 1.33 bits per heavy atom. The first kappa shape index (κ1) is 14.4. The van der Waals surface area contributed by atoms with E-state index in [4.69, 9.17) is 4.74 Å². The van der Waals surface area contributed by atoms with E-state index in [0.29, 0.717) is 12.6 Å². The van der Waals surface area contributed by atoms with Crippen LogP contribution in [-0.2, 0) is 14.3 Å². The Hall–Kier alpha value is -0.610. The molecule has 0 spiro atoms. The molecule has 0 aromatic carbocycles. The van der Waals surface area contributed by atoms with Gasteiger partial charge in [0.15, 0.2) is 0 Å². The molecule has 0 radical (unpaired) electrons. The van der Waals surface area contributed by atoms with E-state index in [1.165, 1.54) is 7.11 Å². The molecule has 0 rings (SSSR count). The second-order valence-corrected chi connectivity index (χ2v) is 3.90. The highest BCUT2D eigenvalue weighted by atomic mass is 16.5. The monoisotopic (exact) mass is 217 g/mol. The number of hydrogen-bond donors (Lipinski definition) is 1. The van der Waals surface area contributed by atoms with Gasteiger partial charge in [0.05, 0.1) is 19.1 Å². The quantitative estimate of drug-likeness (QED) is 0.490. The number of carbonyl (C=O) groups is 1. The van der Waals surface area contributed by atoms with Crippen molar-refractivity contribution < 1.29 is 14.3 Å². The molecule has 0 saturated carbocycles. The maximum atomic E-state index is 11.0. The molecule has 4 nitrogen and oxygen atoms in total. The van der Waals surface area contributed by atoms with Gasteiger partial charge in [-0.3, -0.25) is 4.79 Å². The van der Waals surface area contributed by atoms with Crippen LogP contribution in [0.15, 0.2) is 0 Å². The van der Waals surface area contributed by atoms with Crippen molar-refractivity contribution in [2.75, 3.05) is 26.8 Å². The smallest absolute Gasteiger partial charge is 0.309 e. The van der Waals surface area contributed by atoms with Crippen molar-refractivity contribution in [3.05, 3.63) is 0 Å². The van der Waals surface area contributed by atoms with Gasteiger partial charge in [0.1, 0.15) is 0 Å². The highest BCUT2D eigenvalue weighted by Gasteiger charge is 2.11. The van der Waals surface area contributed by atoms with Crippen molar-refractivity contribution in [2.24, 2.45) is 5.92 Å². The van der Waals surface area contributed by atoms with Gasteiger partial charge in [-0.1, -0.05) is 6.92 Å². The van der Waals surface area contributed by atoms with E-state index in [9.17, 15) is 4.79 Å². The van der Waals surface area contributed by atoms with Gasteiger partial charge < -0.3 is 14.8 Å². The van der Waals surface area contributed by atoms with Crippen LogP contribution in [0.4, 0.5) is 0 Å². The second-order valence-electron chi connectivity index (χ2n) is 3.90. The molecule has 0 bridgehead atoms. The second kappa shape index (κ2) is 8.68. The molecule has 0 aliphatic rings. The molecule has 0 aliphatic heterocycles. The standard InChI is InChI=1S/C11H23NO3/c1-9(2)15-7-5-6-12-8-10(3)11(13)14-4/h9-10,12H,5-8H2,1-4H3. The third kappa shape index (κ3) is 8.39. The van der Waals surface area contributed by atoms with E-state index in [1.54, 1.807) is 0 Å². The molecule has 0 aromatic rings. The van der Waals surface area contributed by atoms with Gasteiger partial charge in [0.25, 0.3) is 0 Å². The minimum absolute atomic E-state index is 0.0824. The maximum Gasteiger partial charge on any atom is 0.309 e. The van der Waals surface area contributed by atoms with Gasteiger partial charge in [-0.05, 0) is 26.8 Å². The Morgan fingerprint density at radius 3 is 2.53 bits per heavy atom. The lowest BCUT2D eigenvalue weighted by atomic mass is 10.2. The minimum atomic E-state index is -0.166. The number of esters is 1. The van der Waals surface area contributed by atoms with Crippen molar-refractivity contribution in [1.29, 1.82) is 0 Å². The van der Waals surface area contributed by atoms with E-state index in [2.05, 4.69) is 10.1 Å². The summed E-state index contributed by atoms with van der Waals surface area (Å²) in [5.41, 5.74) is 0. The van der Waals surface area contributed by atoms with Crippen molar-refractivity contribution in [3.8, 4) is 0 Å². The molecule has 0 heterocycles. The first-order chi connectivity index (χ1) is 7.07. The lowest BCUT2D eigenvalue weighted by molar-refractivity contribution is -0.144. The van der Waals surface area contributed by atoms with Crippen molar-refractivity contribution in [3.63, 3.8) is 0 Å². The van der Waals surface area contributed by atoms with Crippen LogP contribution in [0.2, 0.25) is 0 Å². The van der Waals surface area contributed by atoms with Crippen molar-refractivity contribution in [2.45, 2.75) is 33.3 Å². The summed E-state index contributed by atoms with van der Waals surface area (Å²) in [6, 6.07) is 0. The van der Waals surface area contributed by atoms with E-state index in [-0.39, 0.29) is 11.9 Å². The predicted octanol–water partition coefficient (Wildman–Crippen LogP) is 1.20. The van der Waals surface area contributed by atoms with Crippen LogP contribution >= 0.6 is 0 Å². The summed E-state index contributed by atoms with van der Waals surface area (Å²) < 4.78 is 10.0. The summed E-state index contributed by atoms with van der Waals surface area (Å²) >= 11 is 0. The highest BCUT2D eigenvalue weighted by molar-refractivity contribution is 5.71. The summed E-state index contributed by atoms with van der Waals surface area (Å²) in [5.74, 6) is -0.248. The fourth-order valence-electron chi connectivity index (χ4n) is 1.12. The van der Waals surface area contributed by atoms with Crippen LogP contribution in [0.25, 0.3) is 0 Å². The number of methoxy groups -OCH3 is 1. The molecular weight excluding hydrogens is 194 g/mol. The lowest BCUT2D eigenvalue weighted by Crippen LogP contribution is -2.28. The van der Waals surface area contributed by atoms with Gasteiger partial charge >= 0.3 is 5.97 Å². The third-order valence-electron chi connectivity index (χ3n) is 2.00. The minimum Gasteiger partial charge on any atom is -0.469 e. The largest absolute Gasteiger partial charge is 0.469 e. The van der Waals surface area contributed by atoms with Crippen LogP contribution in [-0.4, -0.2) is 38.9 Å². The number of hydrogen-bond acceptors (Lipinski definition) is 4. The SMILES string of the molecule is COC(=O)C(C)CNCCCOC(C)C. The third-order valence-corrected chi connectivity index (χ3v) is 2.00. The van der Waals surface area contributed by atoms with Crippen molar-refractivity contribution >= 4 is 5.97 Å². The van der Waals surface area contributed by atoms with Crippen LogP contribution in [0.5, 0.6) is 0 Å². The number of rotatable bonds is 8. The average Bonchev–Trinajstić information content (AvgIpc) is 2.21. The number of nitrogens with one attached hydrogen (secondary N) is 1. The van der Waals surface area contributed by atoms with Crippen LogP contribution in [0.3, 0.4) is 0 Å². The Balaban J connectivity index is 3.27. The summed E-state index contributed by atoms with van der Waals surface area (Å²) in [4.78, 5) is 11.0. The van der Waals surface area contributed by atoms with E-state index >= 15 is 0 Å². The van der Waals surface area contributed by atoms with Gasteiger partial charge in [-0.15, -0.1) is 0 Å². The molecule has 1 N–H and O–H groups in total. The normalized spacial score (nSPS) is 12.9. The van der Waals surface area contributed by atoms with Crippen molar-refractivity contribution in [1.82, 2.24) is 5.32 Å². The molecule has 0 fully saturated rings. The van der Waals surface area contributed by atoms with Gasteiger partial charge in [0, 0.05) is 13.2 Å². The molecule has 0 saturated heterocycles. The predicted molar refractivity (Wildman–Crippen MR) is 59.8 cm³/mol. The Bertz CT molecular complexity index is 171. The number of carbonyl (C=O) groups excluding carboxylic acids is 1. The topological polar surface area (TPSA) is 47.6 Å². The first-order valence-corrected chi connectivity index (χ1v) is 5.48. The molecule has 1 unspecified atom stereocenters. The summed E-state index contributed by atoms with van der Waals surface area (Å²) in [6.07, 6.45) is 1.26. The van der Waals surface area contributed by atoms with Gasteiger partial charge in [0.2, 0.25) is 0 Å². The van der Waals surface area contributed by atoms with E-state index < -0.39 is 0 Å². The molecule has 15 heavy (non-hydrogen) atoms. The summed E-state index contributed by atoms with van der Waals surface area (Å²) in [6.45, 7) is 8.18. The summed E-state index contributed by atoms with van der Waals surface area (Å²) in [5, 5.41) is 3.19. The van der Waals surface area contributed by atoms with Crippen LogP contribution in [0.1, 0.15) is 27.2 Å². The molecule has 1 atom stereocenters. The molecule has 0 aliphatic carbocycles. The molecule has 0 aromatic heterocycles. The molecule has 0 amide bonds. The zero-order valence-electron chi connectivity index (χ0n) is 10.2.